The van der Waals surface area contributed by atoms with E-state index in [2.05, 4.69) is 18.4 Å². The van der Waals surface area contributed by atoms with Gasteiger partial charge in [-0.2, -0.15) is 0 Å². The third-order valence-electron chi connectivity index (χ3n) is 6.87. The van der Waals surface area contributed by atoms with Crippen LogP contribution < -0.4 is 11.3 Å². The van der Waals surface area contributed by atoms with Crippen molar-refractivity contribution in [1.82, 2.24) is 5.43 Å². The molecule has 0 aliphatic heterocycles. The Morgan fingerprint density at radius 3 is 2.50 bits per heavy atom. The Bertz CT molecular complexity index is 411. The van der Waals surface area contributed by atoms with Crippen LogP contribution in [0.1, 0.15) is 71.1 Å². The van der Waals surface area contributed by atoms with Gasteiger partial charge in [0, 0.05) is 6.04 Å². The van der Waals surface area contributed by atoms with Gasteiger partial charge in [-0.25, -0.2) is 0 Å². The molecule has 2 nitrogen and oxygen atoms in total. The van der Waals surface area contributed by atoms with E-state index < -0.39 is 0 Å². The molecule has 0 radical (unpaired) electrons. The minimum absolute atomic E-state index is 0.466. The molecule has 3 N–H and O–H groups in total. The first-order valence-corrected chi connectivity index (χ1v) is 8.78. The van der Waals surface area contributed by atoms with Gasteiger partial charge in [-0.15, -0.1) is 0 Å². The summed E-state index contributed by atoms with van der Waals surface area (Å²) < 4.78 is 0. The maximum Gasteiger partial charge on any atom is 0.0476 e. The summed E-state index contributed by atoms with van der Waals surface area (Å²) in [4.78, 5) is 0. The van der Waals surface area contributed by atoms with Gasteiger partial charge >= 0.3 is 0 Å². The van der Waals surface area contributed by atoms with E-state index in [9.17, 15) is 0 Å². The molecule has 2 heteroatoms. The lowest BCUT2D eigenvalue weighted by Gasteiger charge is -2.63. The fourth-order valence-corrected chi connectivity index (χ4v) is 6.94. The third kappa shape index (κ3) is 1.99. The molecule has 5 aliphatic rings. The van der Waals surface area contributed by atoms with Crippen molar-refractivity contribution in [3.05, 3.63) is 11.6 Å². The highest BCUT2D eigenvalue weighted by atomic mass is 15.2. The van der Waals surface area contributed by atoms with E-state index >= 15 is 0 Å². The van der Waals surface area contributed by atoms with Crippen molar-refractivity contribution in [1.29, 1.82) is 0 Å². The number of rotatable bonds is 3. The zero-order valence-electron chi connectivity index (χ0n) is 13.0. The molecule has 0 amide bonds. The second-order valence-corrected chi connectivity index (χ2v) is 8.76. The molecule has 0 heterocycles. The van der Waals surface area contributed by atoms with Crippen LogP contribution in [0.3, 0.4) is 0 Å². The van der Waals surface area contributed by atoms with Crippen molar-refractivity contribution in [3.63, 3.8) is 0 Å². The summed E-state index contributed by atoms with van der Waals surface area (Å²) >= 11 is 0. The van der Waals surface area contributed by atoms with Crippen LogP contribution in [0.25, 0.3) is 0 Å². The van der Waals surface area contributed by atoms with E-state index in [1.807, 2.05) is 0 Å². The van der Waals surface area contributed by atoms with Crippen LogP contribution in [0.2, 0.25) is 0 Å². The minimum atomic E-state index is 0.466. The van der Waals surface area contributed by atoms with Crippen LogP contribution in [0.4, 0.5) is 0 Å². The largest absolute Gasteiger partial charge is 0.271 e. The number of nitrogens with two attached hydrogens (primary N) is 1. The number of allylic oxidation sites excluding steroid dienone is 1. The van der Waals surface area contributed by atoms with Crippen LogP contribution in [0.5, 0.6) is 0 Å². The molecule has 0 aromatic rings. The van der Waals surface area contributed by atoms with E-state index in [1.54, 1.807) is 5.57 Å². The molecule has 5 aliphatic carbocycles. The fourth-order valence-electron chi connectivity index (χ4n) is 6.94. The van der Waals surface area contributed by atoms with Gasteiger partial charge in [0.15, 0.2) is 0 Å². The van der Waals surface area contributed by atoms with Gasteiger partial charge in [0.1, 0.15) is 0 Å². The maximum absolute atomic E-state index is 6.08. The molecule has 3 unspecified atom stereocenters. The molecule has 0 aromatic heterocycles. The molecule has 0 spiro atoms. The quantitative estimate of drug-likeness (QED) is 0.465. The van der Waals surface area contributed by atoms with E-state index in [0.717, 1.165) is 11.8 Å². The molecule has 4 saturated carbocycles. The first kappa shape index (κ1) is 13.3. The monoisotopic (exact) mass is 274 g/mol. The third-order valence-corrected chi connectivity index (χ3v) is 6.87. The Morgan fingerprint density at radius 2 is 1.95 bits per heavy atom. The van der Waals surface area contributed by atoms with Crippen LogP contribution in [-0.4, -0.2) is 6.04 Å². The van der Waals surface area contributed by atoms with Gasteiger partial charge in [0.2, 0.25) is 0 Å². The highest BCUT2D eigenvalue weighted by Gasteiger charge is 2.58. The van der Waals surface area contributed by atoms with Crippen LogP contribution >= 0.6 is 0 Å². The fraction of sp³-hybridized carbons (Fsp3) is 0.889. The minimum Gasteiger partial charge on any atom is -0.271 e. The first-order valence-electron chi connectivity index (χ1n) is 8.78. The van der Waals surface area contributed by atoms with E-state index in [-0.39, 0.29) is 0 Å². The Kier molecular flexibility index (Phi) is 3.05. The zero-order valence-corrected chi connectivity index (χ0v) is 13.0. The van der Waals surface area contributed by atoms with E-state index in [1.165, 1.54) is 64.2 Å². The van der Waals surface area contributed by atoms with Crippen molar-refractivity contribution in [2.45, 2.75) is 77.2 Å². The molecular weight excluding hydrogens is 244 g/mol. The average Bonchev–Trinajstić information content (AvgIpc) is 2.37. The van der Waals surface area contributed by atoms with Crippen molar-refractivity contribution in [2.75, 3.05) is 0 Å². The number of hydrazine groups is 1. The Balaban J connectivity index is 1.67. The standard InChI is InChI=1S/C18H30N2/c1-17-8-13-7-14(9-17)11-18(10-13,12-17)16(20-19)15-5-3-2-4-6-15/h5,13-14,16,20H,2-4,6-12,19H2,1H3. The predicted octanol–water partition coefficient (Wildman–Crippen LogP) is 3.93. The number of hydrogen-bond acceptors (Lipinski definition) is 2. The van der Waals surface area contributed by atoms with Crippen molar-refractivity contribution < 1.29 is 0 Å². The van der Waals surface area contributed by atoms with Crippen LogP contribution in [-0.2, 0) is 0 Å². The first-order chi connectivity index (χ1) is 9.62. The van der Waals surface area contributed by atoms with Crippen LogP contribution in [0.15, 0.2) is 11.6 Å². The SMILES string of the molecule is CC12CC3CC(C1)CC(C(NN)C1=CCCCC1)(C3)C2. The topological polar surface area (TPSA) is 38.0 Å². The molecule has 4 bridgehead atoms. The van der Waals surface area contributed by atoms with Gasteiger partial charge in [-0.1, -0.05) is 18.6 Å². The summed E-state index contributed by atoms with van der Waals surface area (Å²) in [6.45, 7) is 2.56. The molecule has 5 rings (SSSR count). The molecule has 0 aromatic carbocycles. The Morgan fingerprint density at radius 1 is 1.20 bits per heavy atom. The maximum atomic E-state index is 6.08. The van der Waals surface area contributed by atoms with Gasteiger partial charge in [-0.05, 0) is 86.9 Å². The van der Waals surface area contributed by atoms with Gasteiger partial charge in [-0.3, -0.25) is 11.3 Å². The van der Waals surface area contributed by atoms with Gasteiger partial charge in [0.05, 0.1) is 0 Å². The molecule has 20 heavy (non-hydrogen) atoms. The second-order valence-electron chi connectivity index (χ2n) is 8.76. The normalized spacial score (nSPS) is 48.2. The average molecular weight is 274 g/mol. The number of hydrogen-bond donors (Lipinski definition) is 2. The summed E-state index contributed by atoms with van der Waals surface area (Å²) in [5.41, 5.74) is 6.02. The van der Waals surface area contributed by atoms with Crippen LogP contribution in [0, 0.1) is 22.7 Å². The predicted molar refractivity (Wildman–Crippen MR) is 82.9 cm³/mol. The van der Waals surface area contributed by atoms with Crippen molar-refractivity contribution >= 4 is 0 Å². The molecule has 4 fully saturated rings. The smallest absolute Gasteiger partial charge is 0.0476 e. The highest BCUT2D eigenvalue weighted by molar-refractivity contribution is 5.22. The van der Waals surface area contributed by atoms with Crippen molar-refractivity contribution in [3.8, 4) is 0 Å². The molecule has 3 atom stereocenters. The summed E-state index contributed by atoms with van der Waals surface area (Å²) in [5, 5.41) is 0. The van der Waals surface area contributed by atoms with Crippen molar-refractivity contribution in [2.24, 2.45) is 28.5 Å². The van der Waals surface area contributed by atoms with E-state index in [4.69, 9.17) is 5.84 Å². The Hall–Kier alpha value is -0.340. The summed E-state index contributed by atoms with van der Waals surface area (Å²) in [5.74, 6) is 8.05. The molecule has 0 saturated heterocycles. The number of nitrogens with one attached hydrogen (secondary N) is 1. The molecule has 112 valence electrons. The summed E-state index contributed by atoms with van der Waals surface area (Å²) in [6.07, 6.45) is 16.6. The van der Waals surface area contributed by atoms with E-state index in [0.29, 0.717) is 16.9 Å². The van der Waals surface area contributed by atoms with Gasteiger partial charge < -0.3 is 0 Å². The summed E-state index contributed by atoms with van der Waals surface area (Å²) in [6, 6.07) is 0.466. The molecular formula is C18H30N2. The lowest BCUT2D eigenvalue weighted by molar-refractivity contribution is -0.113. The highest BCUT2D eigenvalue weighted by Crippen LogP contribution is 2.66. The lowest BCUT2D eigenvalue weighted by atomic mass is 9.42. The second kappa shape index (κ2) is 4.58. The van der Waals surface area contributed by atoms with Gasteiger partial charge in [0.25, 0.3) is 0 Å². The zero-order chi connectivity index (χ0) is 13.8. The lowest BCUT2D eigenvalue weighted by Crippen LogP contribution is -2.60. The Labute approximate surface area is 123 Å². The summed E-state index contributed by atoms with van der Waals surface area (Å²) in [7, 11) is 0.